The average molecular weight is 279 g/mol. The second kappa shape index (κ2) is 4.90. The minimum absolute atomic E-state index is 0.0756. The summed E-state index contributed by atoms with van der Waals surface area (Å²) < 4.78 is 5.85. The molecule has 0 saturated heterocycles. The van der Waals surface area contributed by atoms with Gasteiger partial charge in [-0.2, -0.15) is 0 Å². The van der Waals surface area contributed by atoms with Crippen LogP contribution in [0, 0.1) is 0 Å². The third-order valence-corrected chi connectivity index (χ3v) is 3.34. The number of anilines is 1. The fourth-order valence-corrected chi connectivity index (χ4v) is 2.18. The molecule has 1 aliphatic rings. The standard InChI is InChI=1S/C17H13NO3/c1-10-13-5-3-4-6-15(13)21-16-8-7-12(11(2)19)9-14(16)18-17(10)20/h3-9H,1H2,2H3,(H,18,20). The highest BCUT2D eigenvalue weighted by atomic mass is 16.5. The fraction of sp³-hybridized carbons (Fsp3) is 0.0588. The summed E-state index contributed by atoms with van der Waals surface area (Å²) in [5, 5.41) is 2.73. The van der Waals surface area contributed by atoms with E-state index in [4.69, 9.17) is 4.74 Å². The summed E-state index contributed by atoms with van der Waals surface area (Å²) in [6.45, 7) is 5.28. The summed E-state index contributed by atoms with van der Waals surface area (Å²) in [4.78, 5) is 23.7. The molecule has 3 rings (SSSR count). The van der Waals surface area contributed by atoms with Gasteiger partial charge in [0.25, 0.3) is 5.91 Å². The predicted molar refractivity (Wildman–Crippen MR) is 80.6 cm³/mol. The van der Waals surface area contributed by atoms with Gasteiger partial charge in [0.1, 0.15) is 5.75 Å². The number of carbonyl (C=O) groups is 2. The van der Waals surface area contributed by atoms with Gasteiger partial charge in [-0.1, -0.05) is 24.8 Å². The molecule has 1 heterocycles. The number of hydrogen-bond acceptors (Lipinski definition) is 3. The van der Waals surface area contributed by atoms with E-state index in [1.165, 1.54) is 6.92 Å². The smallest absolute Gasteiger partial charge is 0.255 e. The minimum Gasteiger partial charge on any atom is -0.455 e. The lowest BCUT2D eigenvalue weighted by molar-refractivity contribution is -0.111. The molecule has 0 aromatic heterocycles. The molecule has 2 aromatic rings. The van der Waals surface area contributed by atoms with Gasteiger partial charge in [-0.05, 0) is 31.2 Å². The zero-order valence-corrected chi connectivity index (χ0v) is 11.5. The quantitative estimate of drug-likeness (QED) is 0.640. The Bertz CT molecular complexity index is 777. The van der Waals surface area contributed by atoms with E-state index < -0.39 is 0 Å². The van der Waals surface area contributed by atoms with Gasteiger partial charge in [-0.25, -0.2) is 0 Å². The lowest BCUT2D eigenvalue weighted by Gasteiger charge is -2.20. The van der Waals surface area contributed by atoms with E-state index in [0.717, 1.165) is 0 Å². The summed E-state index contributed by atoms with van der Waals surface area (Å²) in [6.07, 6.45) is 0. The van der Waals surface area contributed by atoms with Crippen molar-refractivity contribution in [1.29, 1.82) is 0 Å². The summed E-state index contributed by atoms with van der Waals surface area (Å²) >= 11 is 0. The highest BCUT2D eigenvalue weighted by molar-refractivity contribution is 6.25. The van der Waals surface area contributed by atoms with E-state index in [1.807, 2.05) is 12.1 Å². The Hall–Kier alpha value is -2.88. The minimum atomic E-state index is -0.312. The van der Waals surface area contributed by atoms with Crippen molar-refractivity contribution in [3.8, 4) is 11.5 Å². The van der Waals surface area contributed by atoms with Gasteiger partial charge in [-0.3, -0.25) is 9.59 Å². The summed E-state index contributed by atoms with van der Waals surface area (Å²) in [7, 11) is 0. The maximum atomic E-state index is 12.2. The topological polar surface area (TPSA) is 55.4 Å². The van der Waals surface area contributed by atoms with Crippen molar-refractivity contribution in [2.45, 2.75) is 6.92 Å². The number of carbonyl (C=O) groups excluding carboxylic acids is 2. The molecule has 104 valence electrons. The Labute approximate surface area is 122 Å². The van der Waals surface area contributed by atoms with Crippen molar-refractivity contribution >= 4 is 23.0 Å². The van der Waals surface area contributed by atoms with Crippen LogP contribution in [0.3, 0.4) is 0 Å². The molecule has 0 radical (unpaired) electrons. The number of hydrogen-bond donors (Lipinski definition) is 1. The van der Waals surface area contributed by atoms with E-state index in [2.05, 4.69) is 11.9 Å². The van der Waals surface area contributed by atoms with Crippen molar-refractivity contribution in [1.82, 2.24) is 0 Å². The maximum Gasteiger partial charge on any atom is 0.255 e. The molecule has 0 fully saturated rings. The Balaban J connectivity index is 2.16. The number of amides is 1. The number of rotatable bonds is 1. The second-order valence-corrected chi connectivity index (χ2v) is 4.80. The third kappa shape index (κ3) is 2.31. The maximum absolute atomic E-state index is 12.2. The molecule has 0 unspecified atom stereocenters. The number of fused-ring (bicyclic) bond motifs is 2. The predicted octanol–water partition coefficient (Wildman–Crippen LogP) is 3.65. The lowest BCUT2D eigenvalue weighted by Crippen LogP contribution is -2.16. The Morgan fingerprint density at radius 2 is 1.90 bits per heavy atom. The highest BCUT2D eigenvalue weighted by Crippen LogP contribution is 2.37. The second-order valence-electron chi connectivity index (χ2n) is 4.80. The first kappa shape index (κ1) is 13.1. The normalized spacial score (nSPS) is 13.2. The number of Topliss-reactive ketones (excluding diaryl/α,β-unsaturated/α-hetero) is 1. The van der Waals surface area contributed by atoms with Gasteiger partial charge >= 0.3 is 0 Å². The summed E-state index contributed by atoms with van der Waals surface area (Å²) in [5.41, 5.74) is 1.95. The number of benzene rings is 2. The molecule has 21 heavy (non-hydrogen) atoms. The number of ketones is 1. The first-order chi connectivity index (χ1) is 10.1. The first-order valence-electron chi connectivity index (χ1n) is 6.49. The number of nitrogens with one attached hydrogen (secondary N) is 1. The average Bonchev–Trinajstić information content (AvgIpc) is 2.47. The number of ether oxygens (including phenoxy) is 1. The van der Waals surface area contributed by atoms with Crippen molar-refractivity contribution in [3.05, 3.63) is 60.2 Å². The van der Waals surface area contributed by atoms with Gasteiger partial charge in [-0.15, -0.1) is 0 Å². The van der Waals surface area contributed by atoms with Gasteiger partial charge < -0.3 is 10.1 Å². The molecule has 1 N–H and O–H groups in total. The molecule has 0 spiro atoms. The van der Waals surface area contributed by atoms with Crippen LogP contribution in [0.2, 0.25) is 0 Å². The summed E-state index contributed by atoms with van der Waals surface area (Å²) in [6, 6.07) is 12.2. The van der Waals surface area contributed by atoms with E-state index in [-0.39, 0.29) is 11.7 Å². The Morgan fingerprint density at radius 3 is 2.67 bits per heavy atom. The van der Waals surface area contributed by atoms with Crippen LogP contribution in [0.15, 0.2) is 49.0 Å². The Kier molecular flexibility index (Phi) is 3.06. The van der Waals surface area contributed by atoms with Gasteiger partial charge in [0, 0.05) is 16.7 Å². The van der Waals surface area contributed by atoms with Crippen LogP contribution in [0.25, 0.3) is 5.57 Å². The largest absolute Gasteiger partial charge is 0.455 e. The van der Waals surface area contributed by atoms with E-state index in [9.17, 15) is 9.59 Å². The molecular formula is C17H13NO3. The van der Waals surface area contributed by atoms with Gasteiger partial charge in [0.15, 0.2) is 11.5 Å². The molecule has 0 saturated carbocycles. The fourth-order valence-electron chi connectivity index (χ4n) is 2.18. The Morgan fingerprint density at radius 1 is 1.14 bits per heavy atom. The summed E-state index contributed by atoms with van der Waals surface area (Å²) in [5.74, 6) is 0.670. The molecule has 0 atom stereocenters. The monoisotopic (exact) mass is 279 g/mol. The zero-order chi connectivity index (χ0) is 15.0. The van der Waals surface area contributed by atoms with Gasteiger partial charge in [0.2, 0.25) is 0 Å². The molecule has 4 nitrogen and oxygen atoms in total. The lowest BCUT2D eigenvalue weighted by atomic mass is 10.0. The van der Waals surface area contributed by atoms with Crippen LogP contribution < -0.4 is 10.1 Å². The van der Waals surface area contributed by atoms with E-state index >= 15 is 0 Å². The van der Waals surface area contributed by atoms with Crippen molar-refractivity contribution in [3.63, 3.8) is 0 Å². The number of para-hydroxylation sites is 1. The van der Waals surface area contributed by atoms with Crippen molar-refractivity contribution < 1.29 is 14.3 Å². The third-order valence-electron chi connectivity index (χ3n) is 3.34. The zero-order valence-electron chi connectivity index (χ0n) is 11.5. The highest BCUT2D eigenvalue weighted by Gasteiger charge is 2.21. The van der Waals surface area contributed by atoms with Crippen molar-refractivity contribution in [2.75, 3.05) is 5.32 Å². The molecule has 1 aliphatic heterocycles. The van der Waals surface area contributed by atoms with Crippen LogP contribution >= 0.6 is 0 Å². The van der Waals surface area contributed by atoms with E-state index in [0.29, 0.717) is 33.9 Å². The molecule has 4 heteroatoms. The molecule has 0 bridgehead atoms. The molecule has 0 aliphatic carbocycles. The van der Waals surface area contributed by atoms with Crippen LogP contribution in [-0.2, 0) is 4.79 Å². The molecular weight excluding hydrogens is 266 g/mol. The molecule has 1 amide bonds. The van der Waals surface area contributed by atoms with Gasteiger partial charge in [0.05, 0.1) is 5.69 Å². The van der Waals surface area contributed by atoms with Crippen LogP contribution in [0.5, 0.6) is 11.5 Å². The SMILES string of the molecule is C=C1C(=O)Nc2cc(C(C)=O)ccc2Oc2ccccc21. The van der Waals surface area contributed by atoms with Crippen LogP contribution in [0.1, 0.15) is 22.8 Å². The van der Waals surface area contributed by atoms with Crippen LogP contribution in [0.4, 0.5) is 5.69 Å². The van der Waals surface area contributed by atoms with Crippen molar-refractivity contribution in [2.24, 2.45) is 0 Å². The van der Waals surface area contributed by atoms with Crippen LogP contribution in [-0.4, -0.2) is 11.7 Å². The first-order valence-corrected chi connectivity index (χ1v) is 6.49. The molecule has 2 aromatic carbocycles. The van der Waals surface area contributed by atoms with E-state index in [1.54, 1.807) is 30.3 Å².